The monoisotopic (exact) mass is 299 g/mol. The van der Waals surface area contributed by atoms with Crippen molar-refractivity contribution in [2.75, 3.05) is 25.0 Å². The zero-order valence-corrected chi connectivity index (χ0v) is 11.1. The SMILES string of the molecule is NCC1CCN(C(=O)Nc2cc(F)c(F)cc2C(=O)O)C1. The third kappa shape index (κ3) is 3.27. The van der Waals surface area contributed by atoms with E-state index in [1.54, 1.807) is 0 Å². The standard InChI is InChI=1S/C13H15F2N3O3/c14-9-3-8(12(19)20)11(4-10(9)15)17-13(21)18-2-1-7(5-16)6-18/h3-4,7H,1-2,5-6,16H2,(H,17,21)(H,19,20). The Morgan fingerprint density at radius 2 is 2.05 bits per heavy atom. The summed E-state index contributed by atoms with van der Waals surface area (Å²) in [7, 11) is 0. The van der Waals surface area contributed by atoms with E-state index in [-0.39, 0.29) is 11.6 Å². The maximum Gasteiger partial charge on any atom is 0.337 e. The summed E-state index contributed by atoms with van der Waals surface area (Å²) in [4.78, 5) is 24.5. The van der Waals surface area contributed by atoms with Gasteiger partial charge in [-0.3, -0.25) is 0 Å². The van der Waals surface area contributed by atoms with E-state index in [1.807, 2.05) is 0 Å². The van der Waals surface area contributed by atoms with Gasteiger partial charge >= 0.3 is 12.0 Å². The number of anilines is 1. The molecule has 1 aliphatic heterocycles. The van der Waals surface area contributed by atoms with E-state index in [2.05, 4.69) is 5.32 Å². The van der Waals surface area contributed by atoms with E-state index in [4.69, 9.17) is 10.8 Å². The third-order valence-electron chi connectivity index (χ3n) is 3.44. The molecule has 8 heteroatoms. The first-order chi connectivity index (χ1) is 9.92. The summed E-state index contributed by atoms with van der Waals surface area (Å²) in [6.45, 7) is 1.39. The molecule has 4 N–H and O–H groups in total. The van der Waals surface area contributed by atoms with Crippen LogP contribution in [0.25, 0.3) is 0 Å². The van der Waals surface area contributed by atoms with Gasteiger partial charge in [0.05, 0.1) is 11.3 Å². The topological polar surface area (TPSA) is 95.7 Å². The van der Waals surface area contributed by atoms with Crippen molar-refractivity contribution in [2.24, 2.45) is 11.7 Å². The number of nitrogens with one attached hydrogen (secondary N) is 1. The lowest BCUT2D eigenvalue weighted by Crippen LogP contribution is -2.34. The molecule has 1 heterocycles. The molecule has 0 aliphatic carbocycles. The fourth-order valence-electron chi connectivity index (χ4n) is 2.23. The minimum absolute atomic E-state index is 0.194. The Morgan fingerprint density at radius 3 is 2.62 bits per heavy atom. The zero-order valence-electron chi connectivity index (χ0n) is 11.1. The van der Waals surface area contributed by atoms with Gasteiger partial charge in [-0.1, -0.05) is 0 Å². The Labute approximate surface area is 119 Å². The number of rotatable bonds is 3. The predicted molar refractivity (Wildman–Crippen MR) is 71.1 cm³/mol. The Morgan fingerprint density at radius 1 is 1.38 bits per heavy atom. The van der Waals surface area contributed by atoms with E-state index >= 15 is 0 Å². The van der Waals surface area contributed by atoms with Gasteiger partial charge in [0, 0.05) is 19.2 Å². The van der Waals surface area contributed by atoms with Crippen molar-refractivity contribution in [3.63, 3.8) is 0 Å². The number of nitrogens with two attached hydrogens (primary N) is 1. The van der Waals surface area contributed by atoms with Crippen LogP contribution in [0.3, 0.4) is 0 Å². The first-order valence-electron chi connectivity index (χ1n) is 6.40. The number of urea groups is 1. The highest BCUT2D eigenvalue weighted by Crippen LogP contribution is 2.22. The molecule has 1 unspecified atom stereocenters. The molecule has 0 saturated carbocycles. The maximum absolute atomic E-state index is 13.2. The van der Waals surface area contributed by atoms with E-state index in [0.29, 0.717) is 31.8 Å². The number of nitrogens with zero attached hydrogens (tertiary/aromatic N) is 1. The number of halogens is 2. The van der Waals surface area contributed by atoms with E-state index in [1.165, 1.54) is 4.90 Å². The smallest absolute Gasteiger partial charge is 0.337 e. The molecule has 1 fully saturated rings. The Kier molecular flexibility index (Phi) is 4.37. The lowest BCUT2D eigenvalue weighted by molar-refractivity contribution is 0.0697. The molecule has 0 spiro atoms. The van der Waals surface area contributed by atoms with Crippen LogP contribution in [0.2, 0.25) is 0 Å². The molecule has 1 aromatic rings. The molecule has 114 valence electrons. The van der Waals surface area contributed by atoms with E-state index in [9.17, 15) is 18.4 Å². The fraction of sp³-hybridized carbons (Fsp3) is 0.385. The molecule has 0 aromatic heterocycles. The molecule has 0 radical (unpaired) electrons. The Balaban J connectivity index is 2.17. The number of carbonyl (C=O) groups excluding carboxylic acids is 1. The van der Waals surface area contributed by atoms with Gasteiger partial charge in [-0.2, -0.15) is 0 Å². The summed E-state index contributed by atoms with van der Waals surface area (Å²) in [5.74, 6) is -3.77. The summed E-state index contributed by atoms with van der Waals surface area (Å²) in [5.41, 5.74) is 4.74. The zero-order chi connectivity index (χ0) is 15.6. The molecular weight excluding hydrogens is 284 g/mol. The number of hydrogen-bond acceptors (Lipinski definition) is 3. The van der Waals surface area contributed by atoms with E-state index < -0.39 is 29.2 Å². The lowest BCUT2D eigenvalue weighted by atomic mass is 10.1. The van der Waals surface area contributed by atoms with Crippen LogP contribution in [0.4, 0.5) is 19.3 Å². The van der Waals surface area contributed by atoms with Crippen LogP contribution in [0.1, 0.15) is 16.8 Å². The first-order valence-corrected chi connectivity index (χ1v) is 6.40. The van der Waals surface area contributed by atoms with Gasteiger partial charge in [-0.25, -0.2) is 18.4 Å². The predicted octanol–water partition coefficient (Wildman–Crippen LogP) is 1.48. The number of benzene rings is 1. The minimum atomic E-state index is -1.45. The second kappa shape index (κ2) is 6.04. The fourth-order valence-corrected chi connectivity index (χ4v) is 2.23. The molecule has 2 rings (SSSR count). The van der Waals surface area contributed by atoms with Crippen molar-refractivity contribution >= 4 is 17.7 Å². The van der Waals surface area contributed by atoms with Crippen LogP contribution in [0.15, 0.2) is 12.1 Å². The molecule has 6 nitrogen and oxygen atoms in total. The van der Waals surface area contributed by atoms with E-state index in [0.717, 1.165) is 6.42 Å². The van der Waals surface area contributed by atoms with Crippen LogP contribution in [0, 0.1) is 17.6 Å². The Bertz CT molecular complexity index is 580. The van der Waals surface area contributed by atoms with Gasteiger partial charge in [-0.15, -0.1) is 0 Å². The first kappa shape index (κ1) is 15.2. The van der Waals surface area contributed by atoms with Gasteiger partial charge in [0.2, 0.25) is 0 Å². The van der Waals surface area contributed by atoms with Crippen molar-refractivity contribution in [2.45, 2.75) is 6.42 Å². The average molecular weight is 299 g/mol. The Hall–Kier alpha value is -2.22. The van der Waals surface area contributed by atoms with Crippen LogP contribution in [0.5, 0.6) is 0 Å². The molecular formula is C13H15F2N3O3. The molecule has 1 aliphatic rings. The molecule has 0 bridgehead atoms. The van der Waals surface area contributed by atoms with Crippen LogP contribution >= 0.6 is 0 Å². The van der Waals surface area contributed by atoms with Gasteiger partial charge in [0.25, 0.3) is 0 Å². The minimum Gasteiger partial charge on any atom is -0.478 e. The lowest BCUT2D eigenvalue weighted by Gasteiger charge is -2.18. The summed E-state index contributed by atoms with van der Waals surface area (Å²) < 4.78 is 26.3. The highest BCUT2D eigenvalue weighted by molar-refractivity contribution is 6.00. The van der Waals surface area contributed by atoms with Crippen molar-refractivity contribution < 1.29 is 23.5 Å². The summed E-state index contributed by atoms with van der Waals surface area (Å²) in [6, 6.07) is 0.645. The second-order valence-electron chi connectivity index (χ2n) is 4.88. The van der Waals surface area contributed by atoms with Crippen LogP contribution in [-0.2, 0) is 0 Å². The highest BCUT2D eigenvalue weighted by atomic mass is 19.2. The number of carboxylic acid groups (broad SMARTS) is 1. The maximum atomic E-state index is 13.2. The largest absolute Gasteiger partial charge is 0.478 e. The van der Waals surface area contributed by atoms with Crippen molar-refractivity contribution in [1.29, 1.82) is 0 Å². The van der Waals surface area contributed by atoms with Crippen molar-refractivity contribution in [3.05, 3.63) is 29.3 Å². The van der Waals surface area contributed by atoms with Gasteiger partial charge in [-0.05, 0) is 24.9 Å². The quantitative estimate of drug-likeness (QED) is 0.787. The molecule has 1 saturated heterocycles. The van der Waals surface area contributed by atoms with Gasteiger partial charge < -0.3 is 21.1 Å². The number of likely N-dealkylation sites (tertiary alicyclic amines) is 1. The average Bonchev–Trinajstić information content (AvgIpc) is 2.91. The normalized spacial score (nSPS) is 17.9. The number of carboxylic acids is 1. The summed E-state index contributed by atoms with van der Waals surface area (Å²) >= 11 is 0. The third-order valence-corrected chi connectivity index (χ3v) is 3.44. The van der Waals surface area contributed by atoms with Crippen LogP contribution < -0.4 is 11.1 Å². The van der Waals surface area contributed by atoms with Crippen molar-refractivity contribution in [3.8, 4) is 0 Å². The molecule has 21 heavy (non-hydrogen) atoms. The number of carbonyl (C=O) groups is 2. The van der Waals surface area contributed by atoms with Crippen LogP contribution in [-0.4, -0.2) is 41.6 Å². The molecule has 1 atom stereocenters. The highest BCUT2D eigenvalue weighted by Gasteiger charge is 2.26. The molecule has 1 aromatic carbocycles. The number of amides is 2. The summed E-state index contributed by atoms with van der Waals surface area (Å²) in [5, 5.41) is 11.3. The molecule has 2 amide bonds. The number of hydrogen-bond donors (Lipinski definition) is 3. The summed E-state index contributed by atoms with van der Waals surface area (Å²) in [6.07, 6.45) is 0.757. The second-order valence-corrected chi connectivity index (χ2v) is 4.88. The van der Waals surface area contributed by atoms with Crippen molar-refractivity contribution in [1.82, 2.24) is 4.90 Å². The number of aromatic carboxylic acids is 1. The van der Waals surface area contributed by atoms with Gasteiger partial charge in [0.15, 0.2) is 11.6 Å². The van der Waals surface area contributed by atoms with Gasteiger partial charge in [0.1, 0.15) is 0 Å².